The molecule has 0 radical (unpaired) electrons. The summed E-state index contributed by atoms with van der Waals surface area (Å²) in [6.07, 6.45) is 10.2. The molecule has 0 aromatic heterocycles. The fraction of sp³-hybridized carbons (Fsp3) is 1.00. The Bertz CT molecular complexity index is 249. The Hall–Kier alpha value is -0.0800. The van der Waals surface area contributed by atoms with Gasteiger partial charge in [0.25, 0.3) is 0 Å². The summed E-state index contributed by atoms with van der Waals surface area (Å²) in [5.41, 5.74) is 0.535. The summed E-state index contributed by atoms with van der Waals surface area (Å²) >= 11 is 0. The lowest BCUT2D eigenvalue weighted by Crippen LogP contribution is -2.60. The van der Waals surface area contributed by atoms with Crippen LogP contribution >= 0.6 is 0 Å². The fourth-order valence-corrected chi connectivity index (χ4v) is 3.93. The highest BCUT2D eigenvalue weighted by molar-refractivity contribution is 5.04. The van der Waals surface area contributed by atoms with Gasteiger partial charge < -0.3 is 5.32 Å². The molecule has 16 heavy (non-hydrogen) atoms. The first kappa shape index (κ1) is 11.0. The molecule has 2 nitrogen and oxygen atoms in total. The van der Waals surface area contributed by atoms with E-state index in [-0.39, 0.29) is 0 Å². The Morgan fingerprint density at radius 1 is 1.25 bits per heavy atom. The average Bonchev–Trinajstić information content (AvgIpc) is 3.03. The summed E-state index contributed by atoms with van der Waals surface area (Å²) in [4.78, 5) is 2.84. The largest absolute Gasteiger partial charge is 0.312 e. The third kappa shape index (κ3) is 1.91. The Morgan fingerprint density at radius 3 is 2.81 bits per heavy atom. The molecule has 1 saturated carbocycles. The molecule has 2 unspecified atom stereocenters. The maximum absolute atomic E-state index is 3.71. The lowest BCUT2D eigenvalue weighted by molar-refractivity contribution is 0.0657. The van der Waals surface area contributed by atoms with Crippen LogP contribution in [0.1, 0.15) is 51.9 Å². The van der Waals surface area contributed by atoms with Gasteiger partial charge in [-0.2, -0.15) is 0 Å². The van der Waals surface area contributed by atoms with Gasteiger partial charge >= 0.3 is 0 Å². The third-order valence-electron chi connectivity index (χ3n) is 5.21. The monoisotopic (exact) mass is 222 g/mol. The summed E-state index contributed by atoms with van der Waals surface area (Å²) in [6, 6.07) is 0.711. The molecule has 0 bridgehead atoms. The molecule has 3 rings (SSSR count). The first-order chi connectivity index (χ1) is 7.81. The van der Waals surface area contributed by atoms with E-state index in [1.165, 1.54) is 64.6 Å². The first-order valence-electron chi connectivity index (χ1n) is 7.30. The van der Waals surface area contributed by atoms with Gasteiger partial charge in [0.1, 0.15) is 0 Å². The van der Waals surface area contributed by atoms with Gasteiger partial charge in [-0.3, -0.25) is 4.90 Å². The van der Waals surface area contributed by atoms with Gasteiger partial charge in [0.15, 0.2) is 0 Å². The second kappa shape index (κ2) is 4.30. The zero-order chi connectivity index (χ0) is 11.0. The number of likely N-dealkylation sites (tertiary alicyclic amines) is 1. The zero-order valence-electron chi connectivity index (χ0n) is 10.7. The highest BCUT2D eigenvalue weighted by Gasteiger charge is 2.46. The molecule has 2 heteroatoms. The topological polar surface area (TPSA) is 15.3 Å². The lowest BCUT2D eigenvalue weighted by atomic mass is 9.81. The Labute approximate surface area is 99.8 Å². The van der Waals surface area contributed by atoms with Crippen LogP contribution in [0.25, 0.3) is 0 Å². The van der Waals surface area contributed by atoms with Crippen molar-refractivity contribution >= 4 is 0 Å². The van der Waals surface area contributed by atoms with E-state index in [0.29, 0.717) is 11.6 Å². The highest BCUT2D eigenvalue weighted by atomic mass is 15.3. The number of piperidine rings is 1. The second-order valence-corrected chi connectivity index (χ2v) is 6.21. The number of hydrogen-bond acceptors (Lipinski definition) is 2. The highest BCUT2D eigenvalue weighted by Crippen LogP contribution is 2.40. The van der Waals surface area contributed by atoms with Crippen molar-refractivity contribution in [2.75, 3.05) is 19.6 Å². The molecular formula is C14H26N2. The van der Waals surface area contributed by atoms with Crippen LogP contribution in [0.15, 0.2) is 0 Å². The summed E-state index contributed by atoms with van der Waals surface area (Å²) < 4.78 is 0. The van der Waals surface area contributed by atoms with E-state index in [2.05, 4.69) is 17.1 Å². The molecule has 3 aliphatic rings. The predicted molar refractivity (Wildman–Crippen MR) is 67.6 cm³/mol. The van der Waals surface area contributed by atoms with Crippen LogP contribution in [0.2, 0.25) is 0 Å². The maximum atomic E-state index is 3.71. The molecule has 2 aliphatic heterocycles. The molecule has 0 amide bonds. The molecule has 2 atom stereocenters. The minimum atomic E-state index is 0.535. The van der Waals surface area contributed by atoms with Crippen molar-refractivity contribution in [3.63, 3.8) is 0 Å². The minimum absolute atomic E-state index is 0.535. The van der Waals surface area contributed by atoms with Gasteiger partial charge in [-0.15, -0.1) is 0 Å². The maximum Gasteiger partial charge on any atom is 0.0360 e. The SMILES string of the molecule is CC1NCCCC12CCCN2CCC1CC1. The molecule has 92 valence electrons. The number of nitrogens with zero attached hydrogens (tertiary/aromatic N) is 1. The van der Waals surface area contributed by atoms with Crippen molar-refractivity contribution < 1.29 is 0 Å². The Morgan fingerprint density at radius 2 is 2.06 bits per heavy atom. The van der Waals surface area contributed by atoms with Crippen LogP contribution in [-0.2, 0) is 0 Å². The van der Waals surface area contributed by atoms with Gasteiger partial charge in [0.2, 0.25) is 0 Å². The third-order valence-corrected chi connectivity index (χ3v) is 5.21. The van der Waals surface area contributed by atoms with E-state index < -0.39 is 0 Å². The van der Waals surface area contributed by atoms with Crippen LogP contribution in [-0.4, -0.2) is 36.1 Å². The summed E-state index contributed by atoms with van der Waals surface area (Å²) in [6.45, 7) is 6.38. The second-order valence-electron chi connectivity index (χ2n) is 6.21. The lowest BCUT2D eigenvalue weighted by Gasteiger charge is -2.47. The zero-order valence-corrected chi connectivity index (χ0v) is 10.7. The van der Waals surface area contributed by atoms with Crippen molar-refractivity contribution in [3.05, 3.63) is 0 Å². The van der Waals surface area contributed by atoms with E-state index in [0.717, 1.165) is 5.92 Å². The van der Waals surface area contributed by atoms with E-state index >= 15 is 0 Å². The van der Waals surface area contributed by atoms with Gasteiger partial charge in [0.05, 0.1) is 0 Å². The molecule has 1 spiro atoms. The predicted octanol–water partition coefficient (Wildman–Crippen LogP) is 2.39. The Balaban J connectivity index is 1.65. The van der Waals surface area contributed by atoms with Crippen molar-refractivity contribution in [1.29, 1.82) is 0 Å². The van der Waals surface area contributed by atoms with Crippen molar-refractivity contribution in [1.82, 2.24) is 10.2 Å². The van der Waals surface area contributed by atoms with Crippen molar-refractivity contribution in [2.24, 2.45) is 5.92 Å². The normalized spacial score (nSPS) is 40.7. The van der Waals surface area contributed by atoms with Crippen LogP contribution in [0.4, 0.5) is 0 Å². The van der Waals surface area contributed by atoms with Crippen LogP contribution in [0.3, 0.4) is 0 Å². The molecule has 2 saturated heterocycles. The minimum Gasteiger partial charge on any atom is -0.312 e. The van der Waals surface area contributed by atoms with Crippen molar-refractivity contribution in [2.45, 2.75) is 63.5 Å². The molecule has 3 fully saturated rings. The van der Waals surface area contributed by atoms with E-state index in [9.17, 15) is 0 Å². The summed E-state index contributed by atoms with van der Waals surface area (Å²) in [5, 5.41) is 3.71. The molecule has 2 heterocycles. The van der Waals surface area contributed by atoms with Crippen LogP contribution in [0.5, 0.6) is 0 Å². The standard InChI is InChI=1S/C14H26N2/c1-12-14(7-2-9-15-12)8-3-10-16(14)11-6-13-4-5-13/h12-13,15H,2-11H2,1H3. The molecule has 0 aromatic carbocycles. The quantitative estimate of drug-likeness (QED) is 0.789. The van der Waals surface area contributed by atoms with Gasteiger partial charge in [-0.05, 0) is 64.6 Å². The smallest absolute Gasteiger partial charge is 0.0360 e. The molecule has 0 aromatic rings. The van der Waals surface area contributed by atoms with Crippen LogP contribution in [0, 0.1) is 5.92 Å². The van der Waals surface area contributed by atoms with Gasteiger partial charge in [-0.25, -0.2) is 0 Å². The summed E-state index contributed by atoms with van der Waals surface area (Å²) in [7, 11) is 0. The van der Waals surface area contributed by atoms with Crippen molar-refractivity contribution in [3.8, 4) is 0 Å². The van der Waals surface area contributed by atoms with E-state index in [1.807, 2.05) is 0 Å². The fourth-order valence-electron chi connectivity index (χ4n) is 3.93. The van der Waals surface area contributed by atoms with Gasteiger partial charge in [0, 0.05) is 11.6 Å². The molecule has 1 N–H and O–H groups in total. The number of hydrogen-bond donors (Lipinski definition) is 1. The van der Waals surface area contributed by atoms with E-state index in [4.69, 9.17) is 0 Å². The number of rotatable bonds is 3. The summed E-state index contributed by atoms with van der Waals surface area (Å²) in [5.74, 6) is 1.09. The average molecular weight is 222 g/mol. The molecule has 1 aliphatic carbocycles. The Kier molecular flexibility index (Phi) is 2.97. The molecular weight excluding hydrogens is 196 g/mol. The van der Waals surface area contributed by atoms with Gasteiger partial charge in [-0.1, -0.05) is 12.8 Å². The van der Waals surface area contributed by atoms with Crippen LogP contribution < -0.4 is 5.32 Å². The van der Waals surface area contributed by atoms with E-state index in [1.54, 1.807) is 0 Å². The number of nitrogens with one attached hydrogen (secondary N) is 1. The first-order valence-corrected chi connectivity index (χ1v) is 7.30.